The van der Waals surface area contributed by atoms with Crippen molar-refractivity contribution in [1.29, 1.82) is 0 Å². The Labute approximate surface area is 122 Å². The number of hydrogen-bond donors (Lipinski definition) is 1. The van der Waals surface area contributed by atoms with Crippen LogP contribution in [0.3, 0.4) is 0 Å². The van der Waals surface area contributed by atoms with Gasteiger partial charge in [-0.05, 0) is 55.8 Å². The molecule has 0 radical (unpaired) electrons. The smallest absolute Gasteiger partial charge is 0.118 e. The zero-order valence-electron chi connectivity index (χ0n) is 12.7. The van der Waals surface area contributed by atoms with Crippen LogP contribution in [0.15, 0.2) is 24.3 Å². The van der Waals surface area contributed by atoms with Crippen LogP contribution in [0, 0.1) is 5.92 Å². The summed E-state index contributed by atoms with van der Waals surface area (Å²) in [6.07, 6.45) is 4.78. The molecule has 0 aliphatic carbocycles. The molecule has 1 aliphatic rings. The van der Waals surface area contributed by atoms with Gasteiger partial charge in [0.05, 0.1) is 13.7 Å². The number of aryl methyl sites for hydroxylation is 1. The zero-order valence-corrected chi connectivity index (χ0v) is 12.7. The van der Waals surface area contributed by atoms with Crippen molar-refractivity contribution >= 4 is 0 Å². The van der Waals surface area contributed by atoms with Crippen LogP contribution in [-0.4, -0.2) is 32.9 Å². The van der Waals surface area contributed by atoms with E-state index in [0.717, 1.165) is 31.9 Å². The molecule has 1 fully saturated rings. The molecule has 3 heteroatoms. The van der Waals surface area contributed by atoms with Crippen molar-refractivity contribution in [2.75, 3.05) is 26.9 Å². The van der Waals surface area contributed by atoms with Crippen LogP contribution < -0.4 is 10.1 Å². The van der Waals surface area contributed by atoms with Crippen LogP contribution in [0.2, 0.25) is 0 Å². The van der Waals surface area contributed by atoms with Crippen molar-refractivity contribution in [2.24, 2.45) is 5.92 Å². The van der Waals surface area contributed by atoms with Crippen LogP contribution in [0.1, 0.15) is 31.7 Å². The van der Waals surface area contributed by atoms with Gasteiger partial charge in [0.1, 0.15) is 5.75 Å². The minimum atomic E-state index is 0.572. The summed E-state index contributed by atoms with van der Waals surface area (Å²) in [5, 5.41) is 3.64. The molecule has 2 rings (SSSR count). The van der Waals surface area contributed by atoms with Gasteiger partial charge in [-0.1, -0.05) is 19.1 Å². The lowest BCUT2D eigenvalue weighted by Crippen LogP contribution is -2.40. The maximum absolute atomic E-state index is 5.64. The first kappa shape index (κ1) is 15.3. The highest BCUT2D eigenvalue weighted by Gasteiger charge is 2.23. The summed E-state index contributed by atoms with van der Waals surface area (Å²) in [5.74, 6) is 1.60. The third-order valence-electron chi connectivity index (χ3n) is 4.13. The second kappa shape index (κ2) is 8.28. The summed E-state index contributed by atoms with van der Waals surface area (Å²) in [7, 11) is 1.71. The fourth-order valence-electron chi connectivity index (χ4n) is 2.96. The normalized spacial score (nSPS) is 20.6. The number of benzene rings is 1. The first-order valence-electron chi connectivity index (χ1n) is 7.77. The summed E-state index contributed by atoms with van der Waals surface area (Å²) < 4.78 is 10.8. The fraction of sp³-hybridized carbons (Fsp3) is 0.647. The van der Waals surface area contributed by atoms with E-state index >= 15 is 0 Å². The quantitative estimate of drug-likeness (QED) is 0.831. The zero-order chi connectivity index (χ0) is 14.2. The van der Waals surface area contributed by atoms with Gasteiger partial charge in [0, 0.05) is 12.6 Å². The maximum Gasteiger partial charge on any atom is 0.118 e. The molecule has 1 aromatic rings. The van der Waals surface area contributed by atoms with E-state index in [1.807, 2.05) is 12.1 Å². The third-order valence-corrected chi connectivity index (χ3v) is 4.13. The molecule has 1 saturated heterocycles. The minimum Gasteiger partial charge on any atom is -0.497 e. The van der Waals surface area contributed by atoms with Crippen molar-refractivity contribution < 1.29 is 9.47 Å². The summed E-state index contributed by atoms with van der Waals surface area (Å²) in [5.41, 5.74) is 1.38. The number of ether oxygens (including phenoxy) is 2. The van der Waals surface area contributed by atoms with Gasteiger partial charge in [0.25, 0.3) is 0 Å². The SMILES string of the molecule is CCNC(CCc1ccc(OC)cc1)C1CCCOC1. The van der Waals surface area contributed by atoms with E-state index in [1.54, 1.807) is 7.11 Å². The summed E-state index contributed by atoms with van der Waals surface area (Å²) in [6.45, 7) is 5.07. The van der Waals surface area contributed by atoms with E-state index in [0.29, 0.717) is 12.0 Å². The molecule has 0 spiro atoms. The number of hydrogen-bond acceptors (Lipinski definition) is 3. The molecule has 1 heterocycles. The molecule has 20 heavy (non-hydrogen) atoms. The molecule has 0 saturated carbocycles. The lowest BCUT2D eigenvalue weighted by atomic mass is 9.89. The van der Waals surface area contributed by atoms with Crippen LogP contribution in [-0.2, 0) is 11.2 Å². The predicted molar refractivity (Wildman–Crippen MR) is 82.3 cm³/mol. The molecule has 0 aromatic heterocycles. The number of methoxy groups -OCH3 is 1. The Kier molecular flexibility index (Phi) is 6.34. The van der Waals surface area contributed by atoms with Crippen molar-refractivity contribution in [3.63, 3.8) is 0 Å². The lowest BCUT2D eigenvalue weighted by molar-refractivity contribution is 0.0382. The molecule has 1 N–H and O–H groups in total. The molecule has 3 nitrogen and oxygen atoms in total. The van der Waals surface area contributed by atoms with E-state index in [9.17, 15) is 0 Å². The Bertz CT molecular complexity index is 371. The molecular formula is C17H27NO2. The highest BCUT2D eigenvalue weighted by molar-refractivity contribution is 5.27. The monoisotopic (exact) mass is 277 g/mol. The second-order valence-corrected chi connectivity index (χ2v) is 5.53. The third kappa shape index (κ3) is 4.50. The molecule has 2 atom stereocenters. The minimum absolute atomic E-state index is 0.572. The Morgan fingerprint density at radius 2 is 2.15 bits per heavy atom. The number of nitrogens with one attached hydrogen (secondary N) is 1. The van der Waals surface area contributed by atoms with Crippen LogP contribution in [0.5, 0.6) is 5.75 Å². The van der Waals surface area contributed by atoms with Crippen molar-refractivity contribution in [1.82, 2.24) is 5.32 Å². The van der Waals surface area contributed by atoms with E-state index in [2.05, 4.69) is 24.4 Å². The first-order valence-corrected chi connectivity index (χ1v) is 7.77. The number of rotatable bonds is 7. The van der Waals surface area contributed by atoms with Gasteiger partial charge in [0.15, 0.2) is 0 Å². The first-order chi connectivity index (χ1) is 9.83. The van der Waals surface area contributed by atoms with Gasteiger partial charge in [0.2, 0.25) is 0 Å². The standard InChI is InChI=1S/C17H27NO2/c1-3-18-17(15-5-4-12-20-13-15)11-8-14-6-9-16(19-2)10-7-14/h6-7,9-10,15,17-18H,3-5,8,11-13H2,1-2H3. The highest BCUT2D eigenvalue weighted by atomic mass is 16.5. The Morgan fingerprint density at radius 1 is 1.35 bits per heavy atom. The van der Waals surface area contributed by atoms with Crippen LogP contribution >= 0.6 is 0 Å². The van der Waals surface area contributed by atoms with Gasteiger partial charge in [-0.25, -0.2) is 0 Å². The second-order valence-electron chi connectivity index (χ2n) is 5.53. The molecule has 0 bridgehead atoms. The average Bonchev–Trinajstić information content (AvgIpc) is 2.53. The lowest BCUT2D eigenvalue weighted by Gasteiger charge is -2.31. The van der Waals surface area contributed by atoms with Crippen LogP contribution in [0.4, 0.5) is 0 Å². The summed E-state index contributed by atoms with van der Waals surface area (Å²) >= 11 is 0. The van der Waals surface area contributed by atoms with Gasteiger partial charge in [-0.2, -0.15) is 0 Å². The van der Waals surface area contributed by atoms with E-state index in [-0.39, 0.29) is 0 Å². The van der Waals surface area contributed by atoms with Gasteiger partial charge in [-0.15, -0.1) is 0 Å². The fourth-order valence-corrected chi connectivity index (χ4v) is 2.96. The predicted octanol–water partition coefficient (Wildman–Crippen LogP) is 3.03. The summed E-state index contributed by atoms with van der Waals surface area (Å²) in [4.78, 5) is 0. The molecule has 112 valence electrons. The van der Waals surface area contributed by atoms with Gasteiger partial charge < -0.3 is 14.8 Å². The van der Waals surface area contributed by atoms with E-state index < -0.39 is 0 Å². The van der Waals surface area contributed by atoms with Crippen LogP contribution in [0.25, 0.3) is 0 Å². The summed E-state index contributed by atoms with van der Waals surface area (Å²) in [6, 6.07) is 8.99. The molecular weight excluding hydrogens is 250 g/mol. The van der Waals surface area contributed by atoms with Crippen molar-refractivity contribution in [3.8, 4) is 5.75 Å². The Morgan fingerprint density at radius 3 is 2.75 bits per heavy atom. The molecule has 1 aromatic carbocycles. The Balaban J connectivity index is 1.86. The van der Waals surface area contributed by atoms with E-state index in [4.69, 9.17) is 9.47 Å². The van der Waals surface area contributed by atoms with Gasteiger partial charge >= 0.3 is 0 Å². The molecule has 2 unspecified atom stereocenters. The largest absolute Gasteiger partial charge is 0.497 e. The maximum atomic E-state index is 5.64. The van der Waals surface area contributed by atoms with Gasteiger partial charge in [-0.3, -0.25) is 0 Å². The Hall–Kier alpha value is -1.06. The highest BCUT2D eigenvalue weighted by Crippen LogP contribution is 2.21. The van der Waals surface area contributed by atoms with Crippen molar-refractivity contribution in [2.45, 2.75) is 38.6 Å². The topological polar surface area (TPSA) is 30.5 Å². The average molecular weight is 277 g/mol. The van der Waals surface area contributed by atoms with E-state index in [1.165, 1.54) is 24.8 Å². The van der Waals surface area contributed by atoms with Crippen molar-refractivity contribution in [3.05, 3.63) is 29.8 Å². The molecule has 1 aliphatic heterocycles. The molecule has 0 amide bonds.